The Hall–Kier alpha value is -0.420. The minimum atomic E-state index is -0.396. The maximum Gasteiger partial charge on any atom is 0.0897 e. The van der Waals surface area contributed by atoms with Gasteiger partial charge in [-0.3, -0.25) is 0 Å². The molecule has 16 heavy (non-hydrogen) atoms. The fraction of sp³-hybridized carbons (Fsp3) is 0.667. The van der Waals surface area contributed by atoms with E-state index in [2.05, 4.69) is 12.2 Å². The molecule has 1 heterocycles. The van der Waals surface area contributed by atoms with Gasteiger partial charge < -0.3 is 15.2 Å². The second kappa shape index (κ2) is 5.77. The lowest BCUT2D eigenvalue weighted by Gasteiger charge is -2.11. The molecule has 1 fully saturated rings. The van der Waals surface area contributed by atoms with E-state index in [1.165, 1.54) is 11.3 Å². The van der Waals surface area contributed by atoms with Crippen LogP contribution in [0.4, 0.5) is 0 Å². The smallest absolute Gasteiger partial charge is 0.0897 e. The Kier molecular flexibility index (Phi) is 4.35. The van der Waals surface area contributed by atoms with Gasteiger partial charge in [-0.15, -0.1) is 11.3 Å². The van der Waals surface area contributed by atoms with Gasteiger partial charge in [-0.05, 0) is 23.8 Å². The minimum Gasteiger partial charge on any atom is -0.389 e. The lowest BCUT2D eigenvalue weighted by atomic mass is 10.3. The van der Waals surface area contributed by atoms with Gasteiger partial charge in [0.05, 0.1) is 19.3 Å². The maximum absolute atomic E-state index is 9.66. The van der Waals surface area contributed by atoms with Gasteiger partial charge in [0.25, 0.3) is 0 Å². The van der Waals surface area contributed by atoms with Crippen LogP contribution in [0.25, 0.3) is 0 Å². The van der Waals surface area contributed by atoms with Crippen LogP contribution in [0.2, 0.25) is 0 Å². The van der Waals surface area contributed by atoms with Crippen LogP contribution in [0.5, 0.6) is 0 Å². The van der Waals surface area contributed by atoms with E-state index in [0.717, 1.165) is 5.92 Å². The van der Waals surface area contributed by atoms with Crippen molar-refractivity contribution in [3.63, 3.8) is 0 Å². The van der Waals surface area contributed by atoms with Crippen molar-refractivity contribution in [2.75, 3.05) is 13.2 Å². The first-order valence-electron chi connectivity index (χ1n) is 5.77. The summed E-state index contributed by atoms with van der Waals surface area (Å²) in [6, 6.07) is 4.67. The number of ether oxygens (including phenoxy) is 1. The van der Waals surface area contributed by atoms with Gasteiger partial charge in [0.15, 0.2) is 0 Å². The molecule has 0 radical (unpaired) electrons. The molecule has 90 valence electrons. The Morgan fingerprint density at radius 2 is 2.50 bits per heavy atom. The normalized spacial score (nSPS) is 25.6. The quantitative estimate of drug-likeness (QED) is 0.762. The van der Waals surface area contributed by atoms with Crippen molar-refractivity contribution < 1.29 is 9.84 Å². The van der Waals surface area contributed by atoms with E-state index in [1.54, 1.807) is 11.3 Å². The predicted octanol–water partition coefficient (Wildman–Crippen LogP) is 1.62. The van der Waals surface area contributed by atoms with Gasteiger partial charge in [-0.1, -0.05) is 13.0 Å². The van der Waals surface area contributed by atoms with Crippen molar-refractivity contribution in [2.45, 2.75) is 32.1 Å². The zero-order chi connectivity index (χ0) is 11.4. The third kappa shape index (κ3) is 3.87. The van der Waals surface area contributed by atoms with Crippen LogP contribution in [-0.2, 0) is 11.3 Å². The van der Waals surface area contributed by atoms with Crippen LogP contribution >= 0.6 is 11.3 Å². The fourth-order valence-corrected chi connectivity index (χ4v) is 2.28. The molecule has 3 unspecified atom stereocenters. The van der Waals surface area contributed by atoms with Gasteiger partial charge in [0.1, 0.15) is 0 Å². The van der Waals surface area contributed by atoms with Crippen molar-refractivity contribution in [1.82, 2.24) is 5.32 Å². The van der Waals surface area contributed by atoms with Crippen LogP contribution in [-0.4, -0.2) is 30.4 Å². The third-order valence-corrected chi connectivity index (χ3v) is 3.71. The molecule has 0 aliphatic heterocycles. The summed E-state index contributed by atoms with van der Waals surface area (Å²) in [5.41, 5.74) is 0. The predicted molar refractivity (Wildman–Crippen MR) is 65.6 cm³/mol. The van der Waals surface area contributed by atoms with Gasteiger partial charge in [-0.2, -0.15) is 0 Å². The molecular formula is C12H19NO2S. The number of aliphatic hydroxyl groups excluding tert-OH is 1. The van der Waals surface area contributed by atoms with Crippen molar-refractivity contribution in [1.29, 1.82) is 0 Å². The molecule has 3 nitrogen and oxygen atoms in total. The summed E-state index contributed by atoms with van der Waals surface area (Å²) >= 11 is 1.68. The van der Waals surface area contributed by atoms with Crippen LogP contribution < -0.4 is 5.32 Å². The maximum atomic E-state index is 9.66. The van der Waals surface area contributed by atoms with Crippen molar-refractivity contribution in [3.05, 3.63) is 22.4 Å². The van der Waals surface area contributed by atoms with E-state index < -0.39 is 6.10 Å². The van der Waals surface area contributed by atoms with E-state index in [9.17, 15) is 5.11 Å². The molecule has 4 heteroatoms. The number of nitrogens with one attached hydrogen (secondary N) is 1. The number of rotatable bonds is 7. The number of aliphatic hydroxyl groups is 1. The average Bonchev–Trinajstić information content (AvgIpc) is 2.77. The van der Waals surface area contributed by atoms with E-state index in [0.29, 0.717) is 25.8 Å². The Labute approximate surface area is 100 Å². The third-order valence-electron chi connectivity index (χ3n) is 2.86. The molecule has 1 aromatic rings. The Morgan fingerprint density at radius 3 is 3.12 bits per heavy atom. The molecule has 0 saturated heterocycles. The standard InChI is InChI=1S/C12H19NO2S/c1-9-5-12(9)13-6-10(14)7-15-8-11-3-2-4-16-11/h2-4,9-10,12-14H,5-8H2,1H3. The molecule has 1 aromatic heterocycles. The Balaban J connectivity index is 1.52. The van der Waals surface area contributed by atoms with Gasteiger partial charge in [0.2, 0.25) is 0 Å². The average molecular weight is 241 g/mol. The molecule has 2 N–H and O–H groups in total. The first kappa shape index (κ1) is 12.0. The lowest BCUT2D eigenvalue weighted by molar-refractivity contribution is 0.0296. The summed E-state index contributed by atoms with van der Waals surface area (Å²) in [5, 5.41) is 15.0. The summed E-state index contributed by atoms with van der Waals surface area (Å²) in [4.78, 5) is 1.20. The summed E-state index contributed by atoms with van der Waals surface area (Å²) in [7, 11) is 0. The zero-order valence-electron chi connectivity index (χ0n) is 9.56. The zero-order valence-corrected chi connectivity index (χ0v) is 10.4. The topological polar surface area (TPSA) is 41.5 Å². The van der Waals surface area contributed by atoms with Crippen LogP contribution in [0.15, 0.2) is 17.5 Å². The summed E-state index contributed by atoms with van der Waals surface area (Å²) < 4.78 is 5.44. The fourth-order valence-electron chi connectivity index (χ4n) is 1.64. The monoisotopic (exact) mass is 241 g/mol. The van der Waals surface area contributed by atoms with Crippen molar-refractivity contribution >= 4 is 11.3 Å². The first-order chi connectivity index (χ1) is 7.75. The molecule has 1 aliphatic carbocycles. The number of hydrogen-bond donors (Lipinski definition) is 2. The molecule has 3 atom stereocenters. The summed E-state index contributed by atoms with van der Waals surface area (Å²) in [6.07, 6.45) is 0.843. The van der Waals surface area contributed by atoms with Crippen LogP contribution in [0.3, 0.4) is 0 Å². The molecule has 0 aromatic carbocycles. The SMILES string of the molecule is CC1CC1NCC(O)COCc1cccs1. The largest absolute Gasteiger partial charge is 0.389 e. The van der Waals surface area contributed by atoms with Crippen LogP contribution in [0, 0.1) is 5.92 Å². The van der Waals surface area contributed by atoms with E-state index in [-0.39, 0.29) is 0 Å². The van der Waals surface area contributed by atoms with Crippen LogP contribution in [0.1, 0.15) is 18.2 Å². The minimum absolute atomic E-state index is 0.396. The summed E-state index contributed by atoms with van der Waals surface area (Å²) in [6.45, 7) is 3.87. The highest BCUT2D eigenvalue weighted by Gasteiger charge is 2.32. The highest BCUT2D eigenvalue weighted by Crippen LogP contribution is 2.28. The highest BCUT2D eigenvalue weighted by molar-refractivity contribution is 7.09. The molecular weight excluding hydrogens is 222 g/mol. The second-order valence-electron chi connectivity index (χ2n) is 4.48. The molecule has 0 spiro atoms. The molecule has 2 rings (SSSR count). The van der Waals surface area contributed by atoms with E-state index >= 15 is 0 Å². The Bertz CT molecular complexity index is 302. The second-order valence-corrected chi connectivity index (χ2v) is 5.51. The van der Waals surface area contributed by atoms with Gasteiger partial charge in [-0.25, -0.2) is 0 Å². The Morgan fingerprint density at radius 1 is 1.69 bits per heavy atom. The van der Waals surface area contributed by atoms with E-state index in [4.69, 9.17) is 4.74 Å². The van der Waals surface area contributed by atoms with E-state index in [1.807, 2.05) is 17.5 Å². The highest BCUT2D eigenvalue weighted by atomic mass is 32.1. The summed E-state index contributed by atoms with van der Waals surface area (Å²) in [5.74, 6) is 0.777. The van der Waals surface area contributed by atoms with Crippen molar-refractivity contribution in [3.8, 4) is 0 Å². The van der Waals surface area contributed by atoms with Gasteiger partial charge in [0, 0.05) is 17.5 Å². The van der Waals surface area contributed by atoms with Gasteiger partial charge >= 0.3 is 0 Å². The molecule has 1 saturated carbocycles. The number of thiophene rings is 1. The van der Waals surface area contributed by atoms with Crippen molar-refractivity contribution in [2.24, 2.45) is 5.92 Å². The molecule has 0 bridgehead atoms. The molecule has 0 amide bonds. The lowest BCUT2D eigenvalue weighted by Crippen LogP contribution is -2.32. The molecule has 1 aliphatic rings. The number of hydrogen-bond acceptors (Lipinski definition) is 4. The first-order valence-corrected chi connectivity index (χ1v) is 6.65.